The van der Waals surface area contributed by atoms with Gasteiger partial charge in [-0.15, -0.1) is 0 Å². The van der Waals surface area contributed by atoms with Gasteiger partial charge in [0.15, 0.2) is 0 Å². The molecule has 0 aromatic carbocycles. The van der Waals surface area contributed by atoms with Crippen LogP contribution in [-0.4, -0.2) is 11.5 Å². The summed E-state index contributed by atoms with van der Waals surface area (Å²) in [6, 6.07) is 0. The first kappa shape index (κ1) is 8.35. The molecular weight excluding hydrogens is 116 g/mol. The molecule has 0 saturated heterocycles. The monoisotopic (exact) mass is 132 g/mol. The summed E-state index contributed by atoms with van der Waals surface area (Å²) in [6.45, 7) is 9.03. The van der Waals surface area contributed by atoms with Crippen molar-refractivity contribution in [1.29, 1.82) is 0 Å². The average Bonchev–Trinajstić information content (AvgIpc) is 1.59. The van der Waals surface area contributed by atoms with Gasteiger partial charge in [-0.05, 0) is 16.9 Å². The van der Waals surface area contributed by atoms with Crippen LogP contribution in [0.5, 0.6) is 0 Å². The standard InChI is InChI=1S/C7H16S/c1-5-8-6-7(2,3)4/h5-6H2,1-4H3. The summed E-state index contributed by atoms with van der Waals surface area (Å²) >= 11 is 2.02. The Bertz CT molecular complexity index is 51.9. The maximum absolute atomic E-state index is 2.27. The van der Waals surface area contributed by atoms with Crippen LogP contribution in [0.2, 0.25) is 0 Å². The van der Waals surface area contributed by atoms with Gasteiger partial charge in [0.25, 0.3) is 0 Å². The summed E-state index contributed by atoms with van der Waals surface area (Å²) in [7, 11) is 0. The van der Waals surface area contributed by atoms with Gasteiger partial charge >= 0.3 is 0 Å². The lowest BCUT2D eigenvalue weighted by Crippen LogP contribution is -2.08. The second-order valence-electron chi connectivity index (χ2n) is 3.20. The molecule has 0 fully saturated rings. The molecule has 0 heterocycles. The van der Waals surface area contributed by atoms with E-state index in [4.69, 9.17) is 0 Å². The Kier molecular flexibility index (Phi) is 3.54. The second-order valence-corrected chi connectivity index (χ2v) is 4.47. The van der Waals surface area contributed by atoms with Crippen molar-refractivity contribution in [2.24, 2.45) is 5.41 Å². The van der Waals surface area contributed by atoms with Crippen LogP contribution in [0.3, 0.4) is 0 Å². The van der Waals surface area contributed by atoms with Gasteiger partial charge in [0.05, 0.1) is 0 Å². The normalized spacial score (nSPS) is 12.0. The van der Waals surface area contributed by atoms with Gasteiger partial charge < -0.3 is 0 Å². The highest BCUT2D eigenvalue weighted by Gasteiger charge is 2.07. The van der Waals surface area contributed by atoms with Crippen molar-refractivity contribution in [2.75, 3.05) is 11.5 Å². The van der Waals surface area contributed by atoms with Gasteiger partial charge in [-0.1, -0.05) is 27.7 Å². The predicted molar refractivity (Wildman–Crippen MR) is 42.5 cm³/mol. The molecular formula is C7H16S. The maximum atomic E-state index is 2.27. The lowest BCUT2D eigenvalue weighted by Gasteiger charge is -2.15. The minimum Gasteiger partial charge on any atom is -0.162 e. The zero-order valence-corrected chi connectivity index (χ0v) is 7.14. The van der Waals surface area contributed by atoms with Crippen LogP contribution in [-0.2, 0) is 0 Å². The van der Waals surface area contributed by atoms with E-state index < -0.39 is 0 Å². The Hall–Kier alpha value is 0.350. The smallest absolute Gasteiger partial charge is 0.00188 e. The fourth-order valence-electron chi connectivity index (χ4n) is 0.408. The Morgan fingerprint density at radius 1 is 1.25 bits per heavy atom. The molecule has 0 rings (SSSR count). The molecule has 0 aliphatic rings. The zero-order valence-electron chi connectivity index (χ0n) is 6.32. The van der Waals surface area contributed by atoms with Crippen molar-refractivity contribution in [3.05, 3.63) is 0 Å². The van der Waals surface area contributed by atoms with Gasteiger partial charge in [-0.2, -0.15) is 11.8 Å². The molecule has 8 heavy (non-hydrogen) atoms. The third kappa shape index (κ3) is 6.35. The van der Waals surface area contributed by atoms with Crippen LogP contribution in [0.1, 0.15) is 27.7 Å². The van der Waals surface area contributed by atoms with E-state index in [-0.39, 0.29) is 0 Å². The molecule has 0 aliphatic heterocycles. The summed E-state index contributed by atoms with van der Waals surface area (Å²) in [5.74, 6) is 2.53. The minimum atomic E-state index is 0.515. The van der Waals surface area contributed by atoms with E-state index in [2.05, 4.69) is 27.7 Å². The average molecular weight is 132 g/mol. The van der Waals surface area contributed by atoms with Crippen LogP contribution in [0.4, 0.5) is 0 Å². The van der Waals surface area contributed by atoms with Crippen LogP contribution >= 0.6 is 11.8 Å². The highest BCUT2D eigenvalue weighted by molar-refractivity contribution is 7.99. The third-order valence-electron chi connectivity index (χ3n) is 0.739. The largest absolute Gasteiger partial charge is 0.162 e. The predicted octanol–water partition coefficient (Wildman–Crippen LogP) is 2.79. The molecule has 0 radical (unpaired) electrons. The maximum Gasteiger partial charge on any atom is -0.00188 e. The quantitative estimate of drug-likeness (QED) is 0.556. The summed E-state index contributed by atoms with van der Waals surface area (Å²) < 4.78 is 0. The Labute approximate surface area is 57.1 Å². The molecule has 0 N–H and O–H groups in total. The Morgan fingerprint density at radius 3 is 1.88 bits per heavy atom. The van der Waals surface area contributed by atoms with Crippen LogP contribution in [0, 0.1) is 5.41 Å². The fourth-order valence-corrected chi connectivity index (χ4v) is 1.22. The molecule has 0 spiro atoms. The molecule has 0 saturated carbocycles. The SMILES string of the molecule is CCSCC(C)(C)C. The van der Waals surface area contributed by atoms with Crippen molar-refractivity contribution in [3.63, 3.8) is 0 Å². The highest BCUT2D eigenvalue weighted by Crippen LogP contribution is 2.19. The number of thioether (sulfide) groups is 1. The zero-order chi connectivity index (χ0) is 6.62. The molecule has 0 bridgehead atoms. The first-order valence-corrected chi connectivity index (χ1v) is 4.29. The number of rotatable bonds is 2. The fraction of sp³-hybridized carbons (Fsp3) is 1.00. The summed E-state index contributed by atoms with van der Waals surface area (Å²) in [5, 5.41) is 0. The van der Waals surface area contributed by atoms with E-state index in [1.165, 1.54) is 11.5 Å². The molecule has 0 unspecified atom stereocenters. The summed E-state index contributed by atoms with van der Waals surface area (Å²) in [5.41, 5.74) is 0.515. The molecule has 0 aliphatic carbocycles. The molecule has 0 atom stereocenters. The lowest BCUT2D eigenvalue weighted by molar-refractivity contribution is 0.481. The van der Waals surface area contributed by atoms with Crippen molar-refractivity contribution in [2.45, 2.75) is 27.7 Å². The molecule has 0 aromatic rings. The van der Waals surface area contributed by atoms with Gasteiger partial charge in [-0.25, -0.2) is 0 Å². The molecule has 50 valence electrons. The lowest BCUT2D eigenvalue weighted by atomic mass is 10.0. The van der Waals surface area contributed by atoms with Gasteiger partial charge in [0, 0.05) is 0 Å². The topological polar surface area (TPSA) is 0 Å². The van der Waals surface area contributed by atoms with E-state index >= 15 is 0 Å². The van der Waals surface area contributed by atoms with E-state index in [1.54, 1.807) is 0 Å². The van der Waals surface area contributed by atoms with Gasteiger partial charge in [-0.3, -0.25) is 0 Å². The second kappa shape index (κ2) is 3.39. The van der Waals surface area contributed by atoms with E-state index in [0.29, 0.717) is 5.41 Å². The first-order valence-electron chi connectivity index (χ1n) is 3.14. The van der Waals surface area contributed by atoms with E-state index in [1.807, 2.05) is 11.8 Å². The van der Waals surface area contributed by atoms with E-state index in [9.17, 15) is 0 Å². The van der Waals surface area contributed by atoms with E-state index in [0.717, 1.165) is 0 Å². The van der Waals surface area contributed by atoms with Crippen LogP contribution in [0.25, 0.3) is 0 Å². The number of hydrogen-bond donors (Lipinski definition) is 0. The molecule has 0 amide bonds. The summed E-state index contributed by atoms with van der Waals surface area (Å²) in [4.78, 5) is 0. The number of hydrogen-bond acceptors (Lipinski definition) is 1. The third-order valence-corrected chi connectivity index (χ3v) is 2.22. The van der Waals surface area contributed by atoms with Gasteiger partial charge in [0.1, 0.15) is 0 Å². The summed E-state index contributed by atoms with van der Waals surface area (Å²) in [6.07, 6.45) is 0. The Balaban J connectivity index is 3.11. The van der Waals surface area contributed by atoms with Gasteiger partial charge in [0.2, 0.25) is 0 Å². The first-order chi connectivity index (χ1) is 3.56. The Morgan fingerprint density at radius 2 is 1.75 bits per heavy atom. The molecule has 0 nitrogen and oxygen atoms in total. The van der Waals surface area contributed by atoms with Crippen LogP contribution < -0.4 is 0 Å². The van der Waals surface area contributed by atoms with Crippen molar-refractivity contribution in [1.82, 2.24) is 0 Å². The minimum absolute atomic E-state index is 0.515. The molecule has 0 aromatic heterocycles. The van der Waals surface area contributed by atoms with Crippen molar-refractivity contribution in [3.8, 4) is 0 Å². The highest BCUT2D eigenvalue weighted by atomic mass is 32.2. The molecule has 1 heteroatoms. The van der Waals surface area contributed by atoms with Crippen molar-refractivity contribution < 1.29 is 0 Å². The van der Waals surface area contributed by atoms with Crippen LogP contribution in [0.15, 0.2) is 0 Å². The van der Waals surface area contributed by atoms with Crippen molar-refractivity contribution >= 4 is 11.8 Å².